The molecule has 0 bridgehead atoms. The summed E-state index contributed by atoms with van der Waals surface area (Å²) in [6.07, 6.45) is -4.93. The number of hydrogen-bond donors (Lipinski definition) is 1. The molecular weight excluding hydrogens is 389 g/mol. The molecule has 2 atom stereocenters. The third kappa shape index (κ3) is 6.92. The first-order chi connectivity index (χ1) is 13.4. The molecule has 1 fully saturated rings. The molecule has 0 spiro atoms. The van der Waals surface area contributed by atoms with Crippen LogP contribution >= 0.6 is 0 Å². The molecule has 9 heteroatoms. The van der Waals surface area contributed by atoms with Crippen LogP contribution in [-0.2, 0) is 16.0 Å². The quantitative estimate of drug-likeness (QED) is 0.755. The number of piperidine rings is 1. The largest absolute Gasteiger partial charge is 0.465 e. The van der Waals surface area contributed by atoms with E-state index in [9.17, 15) is 22.8 Å². The zero-order valence-corrected chi connectivity index (χ0v) is 17.0. The van der Waals surface area contributed by atoms with Crippen LogP contribution < -0.4 is 5.32 Å². The van der Waals surface area contributed by atoms with Gasteiger partial charge in [-0.05, 0) is 51.3 Å². The minimum absolute atomic E-state index is 0.0398. The average molecular weight is 416 g/mol. The summed E-state index contributed by atoms with van der Waals surface area (Å²) in [6.45, 7) is 5.24. The Hall–Kier alpha value is -2.29. The van der Waals surface area contributed by atoms with Crippen molar-refractivity contribution in [3.8, 4) is 0 Å². The fourth-order valence-corrected chi connectivity index (χ4v) is 3.28. The summed E-state index contributed by atoms with van der Waals surface area (Å²) in [5.41, 5.74) is 0.269. The number of benzene rings is 1. The van der Waals surface area contributed by atoms with Crippen molar-refractivity contribution in [3.63, 3.8) is 0 Å². The lowest BCUT2D eigenvalue weighted by atomic mass is 9.97. The first kappa shape index (κ1) is 23.0. The summed E-state index contributed by atoms with van der Waals surface area (Å²) in [5.74, 6) is -0.510. The maximum Gasteiger partial charge on any atom is 0.407 e. The van der Waals surface area contributed by atoms with Crippen LogP contribution in [0.2, 0.25) is 0 Å². The van der Waals surface area contributed by atoms with Crippen molar-refractivity contribution >= 4 is 12.1 Å². The maximum absolute atomic E-state index is 13.5. The lowest BCUT2D eigenvalue weighted by Crippen LogP contribution is -2.56. The van der Waals surface area contributed by atoms with Gasteiger partial charge in [-0.3, -0.25) is 4.90 Å². The second kappa shape index (κ2) is 9.02. The van der Waals surface area contributed by atoms with Crippen molar-refractivity contribution in [1.29, 1.82) is 0 Å². The number of halogens is 3. The third-order valence-corrected chi connectivity index (χ3v) is 4.54. The first-order valence-corrected chi connectivity index (χ1v) is 9.36. The highest BCUT2D eigenvalue weighted by molar-refractivity contribution is 5.89. The average Bonchev–Trinajstić information content (AvgIpc) is 2.59. The number of methoxy groups -OCH3 is 1. The van der Waals surface area contributed by atoms with Gasteiger partial charge in [0.2, 0.25) is 0 Å². The van der Waals surface area contributed by atoms with Gasteiger partial charge in [0.15, 0.2) is 0 Å². The Morgan fingerprint density at radius 2 is 1.76 bits per heavy atom. The van der Waals surface area contributed by atoms with Gasteiger partial charge in [0.1, 0.15) is 11.6 Å². The Morgan fingerprint density at radius 1 is 1.14 bits per heavy atom. The zero-order valence-electron chi connectivity index (χ0n) is 17.0. The van der Waals surface area contributed by atoms with Crippen LogP contribution in [-0.4, -0.2) is 54.5 Å². The Kier molecular flexibility index (Phi) is 7.15. The van der Waals surface area contributed by atoms with E-state index in [4.69, 9.17) is 4.74 Å². The topological polar surface area (TPSA) is 67.9 Å². The van der Waals surface area contributed by atoms with Crippen molar-refractivity contribution < 1.29 is 32.2 Å². The summed E-state index contributed by atoms with van der Waals surface area (Å²) in [6, 6.07) is 4.20. The molecule has 1 N–H and O–H groups in total. The molecule has 29 heavy (non-hydrogen) atoms. The van der Waals surface area contributed by atoms with E-state index in [1.807, 2.05) is 0 Å². The second-order valence-electron chi connectivity index (χ2n) is 8.10. The lowest BCUT2D eigenvalue weighted by Gasteiger charge is -2.40. The molecule has 0 radical (unpaired) electrons. The molecule has 0 unspecified atom stereocenters. The van der Waals surface area contributed by atoms with E-state index in [1.54, 1.807) is 32.9 Å². The number of esters is 1. The molecule has 1 saturated heterocycles. The highest BCUT2D eigenvalue weighted by atomic mass is 19.4. The normalized spacial score (nSPS) is 20.8. The predicted octanol–water partition coefficient (Wildman–Crippen LogP) is 3.89. The first-order valence-electron chi connectivity index (χ1n) is 9.36. The van der Waals surface area contributed by atoms with Gasteiger partial charge in [-0.1, -0.05) is 12.1 Å². The summed E-state index contributed by atoms with van der Waals surface area (Å²) in [7, 11) is 1.26. The molecule has 0 saturated carbocycles. The summed E-state index contributed by atoms with van der Waals surface area (Å²) in [4.78, 5) is 24.8. The fraction of sp³-hybridized carbons (Fsp3) is 0.600. The number of likely N-dealkylation sites (tertiary alicyclic amines) is 1. The van der Waals surface area contributed by atoms with Gasteiger partial charge in [0.25, 0.3) is 0 Å². The summed E-state index contributed by atoms with van der Waals surface area (Å²) in [5, 5.41) is 2.66. The maximum atomic E-state index is 13.5. The van der Waals surface area contributed by atoms with Crippen LogP contribution in [0.25, 0.3) is 0 Å². The van der Waals surface area contributed by atoms with Crippen molar-refractivity contribution in [2.45, 2.75) is 64.0 Å². The Balaban J connectivity index is 2.09. The molecule has 1 aromatic carbocycles. The molecule has 0 aromatic heterocycles. The number of rotatable bonds is 4. The SMILES string of the molecule is COC(=O)c1ccc(CN2C[C@H](NC(=O)OC(C)(C)C)CC[C@@H]2C(F)(F)F)cc1. The van der Waals surface area contributed by atoms with Gasteiger partial charge in [0, 0.05) is 19.1 Å². The number of carbonyl (C=O) groups excluding carboxylic acids is 2. The van der Waals surface area contributed by atoms with Crippen LogP contribution in [0.4, 0.5) is 18.0 Å². The van der Waals surface area contributed by atoms with Crippen molar-refractivity contribution in [2.75, 3.05) is 13.7 Å². The highest BCUT2D eigenvalue weighted by Gasteiger charge is 2.46. The van der Waals surface area contributed by atoms with E-state index in [-0.39, 0.29) is 25.9 Å². The monoisotopic (exact) mass is 416 g/mol. The van der Waals surface area contributed by atoms with E-state index in [0.29, 0.717) is 11.1 Å². The molecule has 1 aromatic rings. The van der Waals surface area contributed by atoms with Crippen molar-refractivity contribution in [1.82, 2.24) is 10.2 Å². The van der Waals surface area contributed by atoms with Crippen molar-refractivity contribution in [3.05, 3.63) is 35.4 Å². The number of nitrogens with one attached hydrogen (secondary N) is 1. The van der Waals surface area contributed by atoms with E-state index in [2.05, 4.69) is 10.1 Å². The minimum atomic E-state index is -4.37. The number of alkyl halides is 3. The van der Waals surface area contributed by atoms with Gasteiger partial charge >= 0.3 is 18.2 Å². The smallest absolute Gasteiger partial charge is 0.407 e. The van der Waals surface area contributed by atoms with Gasteiger partial charge in [-0.2, -0.15) is 13.2 Å². The molecule has 1 aliphatic heterocycles. The fourth-order valence-electron chi connectivity index (χ4n) is 3.28. The van der Waals surface area contributed by atoms with Gasteiger partial charge in [-0.25, -0.2) is 9.59 Å². The predicted molar refractivity (Wildman–Crippen MR) is 100 cm³/mol. The van der Waals surface area contributed by atoms with Gasteiger partial charge < -0.3 is 14.8 Å². The number of ether oxygens (including phenoxy) is 2. The Labute approximate surface area is 168 Å². The number of carbonyl (C=O) groups is 2. The minimum Gasteiger partial charge on any atom is -0.465 e. The number of amides is 1. The van der Waals surface area contributed by atoms with Crippen LogP contribution in [0.15, 0.2) is 24.3 Å². The Bertz CT molecular complexity index is 714. The molecule has 2 rings (SSSR count). The molecule has 1 amide bonds. The molecular formula is C20H27F3N2O4. The van der Waals surface area contributed by atoms with E-state index in [0.717, 1.165) is 0 Å². The van der Waals surface area contributed by atoms with E-state index >= 15 is 0 Å². The van der Waals surface area contributed by atoms with Crippen LogP contribution in [0, 0.1) is 0 Å². The molecule has 0 aliphatic carbocycles. The van der Waals surface area contributed by atoms with Crippen LogP contribution in [0.1, 0.15) is 49.5 Å². The zero-order chi connectivity index (χ0) is 21.8. The van der Waals surface area contributed by atoms with Gasteiger partial charge in [-0.15, -0.1) is 0 Å². The second-order valence-corrected chi connectivity index (χ2v) is 8.10. The van der Waals surface area contributed by atoms with Crippen LogP contribution in [0.3, 0.4) is 0 Å². The third-order valence-electron chi connectivity index (χ3n) is 4.54. The van der Waals surface area contributed by atoms with Crippen LogP contribution in [0.5, 0.6) is 0 Å². The number of hydrogen-bond acceptors (Lipinski definition) is 5. The standard InChI is InChI=1S/C20H27F3N2O4/c1-19(2,3)29-18(27)24-15-9-10-16(20(21,22)23)25(12-15)11-13-5-7-14(8-6-13)17(26)28-4/h5-8,15-16H,9-12H2,1-4H3,(H,24,27)/t15-,16-/m1/s1. The lowest BCUT2D eigenvalue weighted by molar-refractivity contribution is -0.194. The molecule has 6 nitrogen and oxygen atoms in total. The molecule has 1 heterocycles. The van der Waals surface area contributed by atoms with E-state index < -0.39 is 35.9 Å². The summed E-state index contributed by atoms with van der Waals surface area (Å²) >= 11 is 0. The summed E-state index contributed by atoms with van der Waals surface area (Å²) < 4.78 is 50.3. The number of alkyl carbamates (subject to hydrolysis) is 1. The molecule has 162 valence electrons. The Morgan fingerprint density at radius 3 is 2.28 bits per heavy atom. The van der Waals surface area contributed by atoms with Crippen molar-refractivity contribution in [2.24, 2.45) is 0 Å². The number of nitrogens with zero attached hydrogens (tertiary/aromatic N) is 1. The van der Waals surface area contributed by atoms with E-state index in [1.165, 1.54) is 24.1 Å². The highest BCUT2D eigenvalue weighted by Crippen LogP contribution is 2.33. The molecule has 1 aliphatic rings. The van der Waals surface area contributed by atoms with Gasteiger partial charge in [0.05, 0.1) is 12.7 Å².